The minimum absolute atomic E-state index is 0.610. The summed E-state index contributed by atoms with van der Waals surface area (Å²) < 4.78 is 0. The number of hydrogen-bond donors (Lipinski definition) is 1. The highest BCUT2D eigenvalue weighted by Gasteiger charge is 2.15. The number of amides is 1. The maximum Gasteiger partial charge on any atom is 0.209 e. The molecule has 1 aliphatic heterocycles. The highest BCUT2D eigenvalue weighted by Crippen LogP contribution is 2.04. The molecule has 1 atom stereocenters. The average molecular weight is 199 g/mol. The lowest BCUT2D eigenvalue weighted by Gasteiger charge is -2.32. The number of nitrogens with two attached hydrogens (primary N) is 1. The van der Waals surface area contributed by atoms with E-state index in [-0.39, 0.29) is 0 Å². The van der Waals surface area contributed by atoms with Crippen molar-refractivity contribution in [1.29, 1.82) is 0 Å². The van der Waals surface area contributed by atoms with Crippen molar-refractivity contribution >= 4 is 6.41 Å². The first-order valence-corrected chi connectivity index (χ1v) is 5.38. The maximum atomic E-state index is 10.5. The van der Waals surface area contributed by atoms with Gasteiger partial charge in [0.1, 0.15) is 0 Å². The van der Waals surface area contributed by atoms with Crippen molar-refractivity contribution in [1.82, 2.24) is 9.80 Å². The van der Waals surface area contributed by atoms with Crippen LogP contribution in [0.4, 0.5) is 0 Å². The van der Waals surface area contributed by atoms with Gasteiger partial charge in [-0.05, 0) is 25.4 Å². The van der Waals surface area contributed by atoms with Crippen molar-refractivity contribution in [2.75, 3.05) is 39.3 Å². The third-order valence-corrected chi connectivity index (χ3v) is 2.90. The van der Waals surface area contributed by atoms with Gasteiger partial charge < -0.3 is 10.6 Å². The van der Waals surface area contributed by atoms with Gasteiger partial charge in [0.05, 0.1) is 0 Å². The Balaban J connectivity index is 2.12. The van der Waals surface area contributed by atoms with Gasteiger partial charge in [-0.1, -0.05) is 6.92 Å². The number of hydrogen-bond acceptors (Lipinski definition) is 3. The van der Waals surface area contributed by atoms with Crippen molar-refractivity contribution in [3.63, 3.8) is 0 Å². The Bertz CT molecular complexity index is 167. The molecule has 4 nitrogen and oxygen atoms in total. The van der Waals surface area contributed by atoms with Crippen molar-refractivity contribution in [2.24, 2.45) is 11.7 Å². The van der Waals surface area contributed by atoms with Gasteiger partial charge in [0, 0.05) is 26.2 Å². The fraction of sp³-hybridized carbons (Fsp3) is 0.900. The Hall–Kier alpha value is -0.610. The highest BCUT2D eigenvalue weighted by atomic mass is 16.1. The van der Waals surface area contributed by atoms with Crippen LogP contribution in [0.2, 0.25) is 0 Å². The fourth-order valence-corrected chi connectivity index (χ4v) is 1.61. The Kier molecular flexibility index (Phi) is 4.90. The standard InChI is InChI=1S/C10H21N3O/c1-10(8-11)2-3-12-4-6-13(9-14)7-5-12/h9-10H,2-8,11H2,1H3. The van der Waals surface area contributed by atoms with Crippen molar-refractivity contribution in [3.8, 4) is 0 Å². The smallest absolute Gasteiger partial charge is 0.209 e. The molecular formula is C10H21N3O. The van der Waals surface area contributed by atoms with Gasteiger partial charge in [0.2, 0.25) is 6.41 Å². The lowest BCUT2D eigenvalue weighted by molar-refractivity contribution is -0.119. The van der Waals surface area contributed by atoms with Crippen LogP contribution in [-0.4, -0.2) is 55.5 Å². The third kappa shape index (κ3) is 3.64. The molecule has 1 rings (SSSR count). The Morgan fingerprint density at radius 2 is 2.00 bits per heavy atom. The summed E-state index contributed by atoms with van der Waals surface area (Å²) in [6.07, 6.45) is 2.11. The van der Waals surface area contributed by atoms with Crippen LogP contribution in [0.5, 0.6) is 0 Å². The molecule has 1 aliphatic rings. The molecule has 0 aromatic rings. The molecule has 0 saturated carbocycles. The molecule has 0 aliphatic carbocycles. The van der Waals surface area contributed by atoms with E-state index in [9.17, 15) is 4.79 Å². The summed E-state index contributed by atoms with van der Waals surface area (Å²) in [7, 11) is 0. The molecular weight excluding hydrogens is 178 g/mol. The van der Waals surface area contributed by atoms with Gasteiger partial charge in [-0.3, -0.25) is 9.69 Å². The molecule has 0 aromatic heterocycles. The number of nitrogens with zero attached hydrogens (tertiary/aromatic N) is 2. The molecule has 2 N–H and O–H groups in total. The monoisotopic (exact) mass is 199 g/mol. The van der Waals surface area contributed by atoms with Crippen molar-refractivity contribution in [3.05, 3.63) is 0 Å². The minimum atomic E-state index is 0.610. The van der Waals surface area contributed by atoms with Crippen LogP contribution in [0.1, 0.15) is 13.3 Å². The van der Waals surface area contributed by atoms with Crippen molar-refractivity contribution < 1.29 is 4.79 Å². The zero-order valence-electron chi connectivity index (χ0n) is 8.98. The predicted octanol–water partition coefficient (Wildman–Crippen LogP) is -0.255. The molecule has 0 aromatic carbocycles. The number of rotatable bonds is 5. The van der Waals surface area contributed by atoms with Gasteiger partial charge in [0.15, 0.2) is 0 Å². The minimum Gasteiger partial charge on any atom is -0.343 e. The molecule has 0 spiro atoms. The summed E-state index contributed by atoms with van der Waals surface area (Å²) in [6, 6.07) is 0. The zero-order valence-corrected chi connectivity index (χ0v) is 8.98. The first kappa shape index (κ1) is 11.5. The summed E-state index contributed by atoms with van der Waals surface area (Å²) in [4.78, 5) is 14.7. The number of carbonyl (C=O) groups is 1. The molecule has 1 unspecified atom stereocenters. The quantitative estimate of drug-likeness (QED) is 0.621. The molecule has 14 heavy (non-hydrogen) atoms. The molecule has 0 radical (unpaired) electrons. The molecule has 4 heteroatoms. The van der Waals surface area contributed by atoms with E-state index in [1.165, 1.54) is 0 Å². The Labute approximate surface area is 86.0 Å². The lowest BCUT2D eigenvalue weighted by atomic mass is 10.1. The number of piperazine rings is 1. The van der Waals surface area contributed by atoms with Gasteiger partial charge in [0.25, 0.3) is 0 Å². The van der Waals surface area contributed by atoms with Crippen LogP contribution in [0.25, 0.3) is 0 Å². The van der Waals surface area contributed by atoms with E-state index in [0.29, 0.717) is 5.92 Å². The van der Waals surface area contributed by atoms with E-state index in [0.717, 1.165) is 52.1 Å². The van der Waals surface area contributed by atoms with Gasteiger partial charge in [-0.15, -0.1) is 0 Å². The summed E-state index contributed by atoms with van der Waals surface area (Å²) in [5.74, 6) is 0.610. The third-order valence-electron chi connectivity index (χ3n) is 2.90. The molecule has 1 fully saturated rings. The van der Waals surface area contributed by atoms with E-state index >= 15 is 0 Å². The van der Waals surface area contributed by atoms with Crippen LogP contribution in [0.3, 0.4) is 0 Å². The summed E-state index contributed by atoms with van der Waals surface area (Å²) in [5.41, 5.74) is 5.56. The van der Waals surface area contributed by atoms with Gasteiger partial charge in [-0.2, -0.15) is 0 Å². The Morgan fingerprint density at radius 3 is 2.50 bits per heavy atom. The average Bonchev–Trinajstić information content (AvgIpc) is 2.26. The van der Waals surface area contributed by atoms with Crippen LogP contribution in [-0.2, 0) is 4.79 Å². The van der Waals surface area contributed by atoms with E-state index in [4.69, 9.17) is 5.73 Å². The van der Waals surface area contributed by atoms with E-state index < -0.39 is 0 Å². The molecule has 1 saturated heterocycles. The van der Waals surface area contributed by atoms with Crippen LogP contribution in [0, 0.1) is 5.92 Å². The molecule has 0 bridgehead atoms. The molecule has 1 amide bonds. The van der Waals surface area contributed by atoms with E-state index in [2.05, 4.69) is 11.8 Å². The second kappa shape index (κ2) is 5.98. The van der Waals surface area contributed by atoms with E-state index in [1.807, 2.05) is 4.90 Å². The SMILES string of the molecule is CC(CN)CCN1CCN(C=O)CC1. The molecule has 1 heterocycles. The normalized spacial score (nSPS) is 20.9. The summed E-state index contributed by atoms with van der Waals surface area (Å²) in [5, 5.41) is 0. The first-order valence-electron chi connectivity index (χ1n) is 5.38. The fourth-order valence-electron chi connectivity index (χ4n) is 1.61. The van der Waals surface area contributed by atoms with Crippen LogP contribution in [0.15, 0.2) is 0 Å². The van der Waals surface area contributed by atoms with Crippen LogP contribution >= 0.6 is 0 Å². The van der Waals surface area contributed by atoms with Gasteiger partial charge in [-0.25, -0.2) is 0 Å². The van der Waals surface area contributed by atoms with Crippen molar-refractivity contribution in [2.45, 2.75) is 13.3 Å². The predicted molar refractivity (Wildman–Crippen MR) is 56.9 cm³/mol. The highest BCUT2D eigenvalue weighted by molar-refractivity contribution is 5.47. The summed E-state index contributed by atoms with van der Waals surface area (Å²) in [6.45, 7) is 7.84. The summed E-state index contributed by atoms with van der Waals surface area (Å²) >= 11 is 0. The topological polar surface area (TPSA) is 49.6 Å². The van der Waals surface area contributed by atoms with Crippen LogP contribution < -0.4 is 5.73 Å². The van der Waals surface area contributed by atoms with Gasteiger partial charge >= 0.3 is 0 Å². The molecule has 82 valence electrons. The second-order valence-electron chi connectivity index (χ2n) is 4.11. The Morgan fingerprint density at radius 1 is 1.36 bits per heavy atom. The van der Waals surface area contributed by atoms with E-state index in [1.54, 1.807) is 0 Å². The number of carbonyl (C=O) groups excluding carboxylic acids is 1. The largest absolute Gasteiger partial charge is 0.343 e. The zero-order chi connectivity index (χ0) is 10.4. The first-order chi connectivity index (χ1) is 6.76. The lowest BCUT2D eigenvalue weighted by Crippen LogP contribution is -2.46. The maximum absolute atomic E-state index is 10.5. The second-order valence-corrected chi connectivity index (χ2v) is 4.11.